The van der Waals surface area contributed by atoms with E-state index in [4.69, 9.17) is 5.26 Å². The summed E-state index contributed by atoms with van der Waals surface area (Å²) in [6.07, 6.45) is -4.04. The van der Waals surface area contributed by atoms with Crippen LogP contribution in [0.3, 0.4) is 0 Å². The highest BCUT2D eigenvalue weighted by atomic mass is 19.4. The molecule has 3 nitrogen and oxygen atoms in total. The number of nitrogens with zero attached hydrogens (tertiary/aromatic N) is 1. The molecule has 0 spiro atoms. The Balaban J connectivity index is 3.61. The van der Waals surface area contributed by atoms with Crippen molar-refractivity contribution in [3.05, 3.63) is 0 Å². The third kappa shape index (κ3) is 9.50. The minimum Gasteiger partial charge on any atom is -0.372 e. The highest BCUT2D eigenvalue weighted by molar-refractivity contribution is 4.90. The van der Waals surface area contributed by atoms with Gasteiger partial charge in [0.1, 0.15) is 6.61 Å². The molecule has 0 heterocycles. The van der Waals surface area contributed by atoms with E-state index in [1.165, 1.54) is 0 Å². The van der Waals surface area contributed by atoms with Crippen LogP contribution in [0.5, 0.6) is 0 Å². The Labute approximate surface area is 87.2 Å². The molecule has 1 unspecified atom stereocenters. The van der Waals surface area contributed by atoms with Gasteiger partial charge in [0.25, 0.3) is 0 Å². The Hall–Kier alpha value is -0.800. The van der Waals surface area contributed by atoms with Crippen LogP contribution in [0.15, 0.2) is 0 Å². The minimum atomic E-state index is -4.30. The van der Waals surface area contributed by atoms with E-state index in [1.54, 1.807) is 0 Å². The van der Waals surface area contributed by atoms with E-state index in [9.17, 15) is 13.2 Å². The van der Waals surface area contributed by atoms with Crippen LogP contribution in [0.2, 0.25) is 0 Å². The zero-order valence-corrected chi connectivity index (χ0v) is 8.77. The van der Waals surface area contributed by atoms with E-state index in [-0.39, 0.29) is 19.1 Å². The monoisotopic (exact) mass is 224 g/mol. The molecule has 0 aliphatic rings. The Kier molecular flexibility index (Phi) is 6.29. The van der Waals surface area contributed by atoms with Crippen molar-refractivity contribution in [1.82, 2.24) is 5.32 Å². The number of nitrogens with one attached hydrogen (secondary N) is 1. The quantitative estimate of drug-likeness (QED) is 0.700. The molecule has 0 fully saturated rings. The van der Waals surface area contributed by atoms with Gasteiger partial charge in [-0.1, -0.05) is 0 Å². The van der Waals surface area contributed by atoms with Crippen molar-refractivity contribution >= 4 is 0 Å². The lowest BCUT2D eigenvalue weighted by molar-refractivity contribution is -0.174. The van der Waals surface area contributed by atoms with E-state index in [1.807, 2.05) is 19.9 Å². The van der Waals surface area contributed by atoms with Crippen molar-refractivity contribution in [3.8, 4) is 6.07 Å². The number of nitriles is 1. The second kappa shape index (κ2) is 6.64. The van der Waals surface area contributed by atoms with Gasteiger partial charge in [-0.2, -0.15) is 18.4 Å². The molecule has 1 N–H and O–H groups in total. The molecule has 0 rings (SSSR count). The lowest BCUT2D eigenvalue weighted by Crippen LogP contribution is -2.34. The van der Waals surface area contributed by atoms with E-state index in [0.717, 1.165) is 0 Å². The van der Waals surface area contributed by atoms with Crippen LogP contribution in [0.4, 0.5) is 13.2 Å². The molecule has 0 aliphatic heterocycles. The van der Waals surface area contributed by atoms with Gasteiger partial charge in [0.15, 0.2) is 0 Å². The molecule has 15 heavy (non-hydrogen) atoms. The summed E-state index contributed by atoms with van der Waals surface area (Å²) in [7, 11) is 0. The first-order chi connectivity index (χ1) is 6.85. The molecular formula is C9H15F3N2O. The van der Waals surface area contributed by atoms with Crippen molar-refractivity contribution in [3.63, 3.8) is 0 Å². The molecule has 0 bridgehead atoms. The largest absolute Gasteiger partial charge is 0.411 e. The van der Waals surface area contributed by atoms with Crippen molar-refractivity contribution in [2.24, 2.45) is 0 Å². The van der Waals surface area contributed by atoms with Crippen LogP contribution < -0.4 is 5.32 Å². The van der Waals surface area contributed by atoms with E-state index >= 15 is 0 Å². The Morgan fingerprint density at radius 3 is 2.40 bits per heavy atom. The molecule has 6 heteroatoms. The fraction of sp³-hybridized carbons (Fsp3) is 0.889. The molecule has 0 radical (unpaired) electrons. The summed E-state index contributed by atoms with van der Waals surface area (Å²) in [5, 5.41) is 11.5. The molecule has 0 saturated carbocycles. The molecule has 88 valence electrons. The van der Waals surface area contributed by atoms with E-state index in [0.29, 0.717) is 0 Å². The van der Waals surface area contributed by atoms with Gasteiger partial charge in [0.05, 0.1) is 12.1 Å². The van der Waals surface area contributed by atoms with Gasteiger partial charge in [0, 0.05) is 12.6 Å². The first kappa shape index (κ1) is 14.2. The standard InChI is InChI=1S/C9H15F3N2O/c1-7(2)14-8(5-13)3-4-15-6-9(10,11)12/h7-8,14H,3-4,6H2,1-2H3. The molecule has 0 aliphatic carbocycles. The van der Waals surface area contributed by atoms with Gasteiger partial charge in [-0.3, -0.25) is 5.32 Å². The summed E-state index contributed by atoms with van der Waals surface area (Å²) < 4.78 is 39.4. The second-order valence-electron chi connectivity index (χ2n) is 3.46. The highest BCUT2D eigenvalue weighted by Gasteiger charge is 2.27. The van der Waals surface area contributed by atoms with Crippen LogP contribution in [0.25, 0.3) is 0 Å². The lowest BCUT2D eigenvalue weighted by atomic mass is 10.2. The SMILES string of the molecule is CC(C)NC(C#N)CCOCC(F)(F)F. The summed E-state index contributed by atoms with van der Waals surface area (Å²) >= 11 is 0. The molecule has 1 atom stereocenters. The van der Waals surface area contributed by atoms with Gasteiger partial charge in [0.2, 0.25) is 0 Å². The maximum atomic E-state index is 11.7. The number of alkyl halides is 3. The highest BCUT2D eigenvalue weighted by Crippen LogP contribution is 2.14. The first-order valence-electron chi connectivity index (χ1n) is 4.65. The van der Waals surface area contributed by atoms with Gasteiger partial charge >= 0.3 is 6.18 Å². The first-order valence-corrected chi connectivity index (χ1v) is 4.65. The van der Waals surface area contributed by atoms with Crippen molar-refractivity contribution < 1.29 is 17.9 Å². The lowest BCUT2D eigenvalue weighted by Gasteiger charge is -2.14. The van der Waals surface area contributed by atoms with Crippen LogP contribution in [-0.4, -0.2) is 31.5 Å². The van der Waals surface area contributed by atoms with Crippen molar-refractivity contribution in [2.45, 2.75) is 38.5 Å². The third-order valence-corrected chi connectivity index (χ3v) is 1.51. The van der Waals surface area contributed by atoms with Gasteiger partial charge in [-0.05, 0) is 20.3 Å². The minimum absolute atomic E-state index is 0.0720. The Morgan fingerprint density at radius 2 is 2.00 bits per heavy atom. The summed E-state index contributed by atoms with van der Waals surface area (Å²) in [5.74, 6) is 0. The average Bonchev–Trinajstić information content (AvgIpc) is 2.08. The maximum Gasteiger partial charge on any atom is 0.411 e. The predicted molar refractivity (Wildman–Crippen MR) is 49.2 cm³/mol. The predicted octanol–water partition coefficient (Wildman–Crippen LogP) is 1.85. The fourth-order valence-electron chi connectivity index (χ4n) is 0.977. The smallest absolute Gasteiger partial charge is 0.372 e. The summed E-state index contributed by atoms with van der Waals surface area (Å²) in [5.41, 5.74) is 0. The van der Waals surface area contributed by atoms with Crippen molar-refractivity contribution in [2.75, 3.05) is 13.2 Å². The zero-order chi connectivity index (χ0) is 11.9. The van der Waals surface area contributed by atoms with Crippen LogP contribution >= 0.6 is 0 Å². The Morgan fingerprint density at radius 1 is 1.40 bits per heavy atom. The number of rotatable bonds is 6. The number of hydrogen-bond acceptors (Lipinski definition) is 3. The summed E-state index contributed by atoms with van der Waals surface area (Å²) in [6.45, 7) is 2.39. The fourth-order valence-corrected chi connectivity index (χ4v) is 0.977. The van der Waals surface area contributed by atoms with Crippen molar-refractivity contribution in [1.29, 1.82) is 5.26 Å². The zero-order valence-electron chi connectivity index (χ0n) is 8.77. The van der Waals surface area contributed by atoms with E-state index in [2.05, 4.69) is 10.1 Å². The molecule has 0 amide bonds. The second-order valence-corrected chi connectivity index (χ2v) is 3.46. The van der Waals surface area contributed by atoms with Crippen LogP contribution in [-0.2, 0) is 4.74 Å². The molecular weight excluding hydrogens is 209 g/mol. The van der Waals surface area contributed by atoms with Crippen LogP contribution in [0, 0.1) is 11.3 Å². The maximum absolute atomic E-state index is 11.7. The van der Waals surface area contributed by atoms with Gasteiger partial charge < -0.3 is 4.74 Å². The number of ether oxygens (including phenoxy) is 1. The molecule has 0 aromatic heterocycles. The molecule has 0 aromatic carbocycles. The van der Waals surface area contributed by atoms with Gasteiger partial charge in [-0.25, -0.2) is 0 Å². The Bertz CT molecular complexity index is 210. The van der Waals surface area contributed by atoms with Gasteiger partial charge in [-0.15, -0.1) is 0 Å². The van der Waals surface area contributed by atoms with Crippen LogP contribution in [0.1, 0.15) is 20.3 Å². The third-order valence-electron chi connectivity index (χ3n) is 1.51. The molecule has 0 saturated heterocycles. The summed E-state index contributed by atoms with van der Waals surface area (Å²) in [6, 6.07) is 1.62. The number of halogens is 3. The topological polar surface area (TPSA) is 45.0 Å². The molecule has 0 aromatic rings. The van der Waals surface area contributed by atoms with E-state index < -0.39 is 18.8 Å². The summed E-state index contributed by atoms with van der Waals surface area (Å²) in [4.78, 5) is 0. The number of hydrogen-bond donors (Lipinski definition) is 1. The normalized spacial score (nSPS) is 13.9. The average molecular weight is 224 g/mol.